The average Bonchev–Trinajstić information content (AvgIpc) is 3.48. The second-order valence-electron chi connectivity index (χ2n) is 11.8. The van der Waals surface area contributed by atoms with Crippen LogP contribution in [0, 0.1) is 22.6 Å². The van der Waals surface area contributed by atoms with Crippen molar-refractivity contribution in [1.82, 2.24) is 19.9 Å². The molecule has 4 heterocycles. The Kier molecular flexibility index (Phi) is 8.57. The fraction of sp³-hybridized carbons (Fsp3) is 0.324. The van der Waals surface area contributed by atoms with Crippen LogP contribution in [0.2, 0.25) is 0 Å². The van der Waals surface area contributed by atoms with Crippen molar-refractivity contribution in [3.05, 3.63) is 73.5 Å². The number of rotatable bonds is 9. The molecule has 2 aliphatic rings. The minimum absolute atomic E-state index is 0.0597. The summed E-state index contributed by atoms with van der Waals surface area (Å²) < 4.78 is 27.0. The summed E-state index contributed by atoms with van der Waals surface area (Å²) in [4.78, 5) is 29.1. The molecule has 2 aromatic carbocycles. The van der Waals surface area contributed by atoms with Gasteiger partial charge in [-0.2, -0.15) is 5.26 Å². The number of ether oxygens (including phenoxy) is 2. The van der Waals surface area contributed by atoms with E-state index in [2.05, 4.69) is 43.1 Å². The van der Waals surface area contributed by atoms with E-state index in [-0.39, 0.29) is 17.6 Å². The van der Waals surface area contributed by atoms with Crippen LogP contribution in [0.4, 0.5) is 27.4 Å². The van der Waals surface area contributed by atoms with Crippen molar-refractivity contribution in [2.45, 2.75) is 32.2 Å². The first kappa shape index (κ1) is 30.6. The number of likely N-dealkylation sites (tertiary alicyclic amines) is 1. The summed E-state index contributed by atoms with van der Waals surface area (Å²) in [7, 11) is 1.60. The van der Waals surface area contributed by atoms with Gasteiger partial charge in [-0.1, -0.05) is 6.58 Å². The molecule has 1 atom stereocenters. The van der Waals surface area contributed by atoms with E-state index in [1.807, 2.05) is 19.1 Å². The number of hydrogen-bond donors (Lipinski definition) is 2. The third-order valence-corrected chi connectivity index (χ3v) is 8.51. The Labute approximate surface area is 266 Å². The molecule has 6 rings (SSSR count). The highest BCUT2D eigenvalue weighted by atomic mass is 19.1. The maximum Gasteiger partial charge on any atom is 0.245 e. The number of benzene rings is 2. The third kappa shape index (κ3) is 6.49. The minimum Gasteiger partial charge on any atom is -0.495 e. The Hall–Kier alpha value is -5.44. The van der Waals surface area contributed by atoms with Gasteiger partial charge in [0.15, 0.2) is 0 Å². The lowest BCUT2D eigenvalue weighted by Gasteiger charge is -2.32. The molecule has 1 unspecified atom stereocenters. The maximum absolute atomic E-state index is 15.4. The summed E-state index contributed by atoms with van der Waals surface area (Å²) in [5.74, 6) is 2.04. The van der Waals surface area contributed by atoms with Gasteiger partial charge in [0, 0.05) is 62.0 Å². The zero-order chi connectivity index (χ0) is 32.3. The highest BCUT2D eigenvalue weighted by Gasteiger charge is 2.34. The van der Waals surface area contributed by atoms with Crippen molar-refractivity contribution in [3.8, 4) is 23.3 Å². The summed E-state index contributed by atoms with van der Waals surface area (Å²) in [6, 6.07) is 14.3. The zero-order valence-corrected chi connectivity index (χ0v) is 25.8. The van der Waals surface area contributed by atoms with Crippen molar-refractivity contribution in [2.75, 3.05) is 48.8 Å². The number of nitriles is 1. The van der Waals surface area contributed by atoms with E-state index < -0.39 is 11.2 Å². The first-order chi connectivity index (χ1) is 22.3. The maximum atomic E-state index is 15.4. The summed E-state index contributed by atoms with van der Waals surface area (Å²) in [5.41, 5.74) is 1.21. The number of piperidine rings is 1. The molecule has 11 nitrogen and oxygen atoms in total. The quantitative estimate of drug-likeness (QED) is 0.213. The van der Waals surface area contributed by atoms with Gasteiger partial charge in [-0.3, -0.25) is 4.79 Å². The van der Waals surface area contributed by atoms with Crippen LogP contribution in [0.25, 0.3) is 10.9 Å². The Bertz CT molecular complexity index is 1820. The van der Waals surface area contributed by atoms with Gasteiger partial charge >= 0.3 is 0 Å². The number of fused-ring (bicyclic) bond motifs is 1. The van der Waals surface area contributed by atoms with Gasteiger partial charge in [0.2, 0.25) is 5.91 Å². The van der Waals surface area contributed by atoms with Gasteiger partial charge in [0.1, 0.15) is 41.0 Å². The van der Waals surface area contributed by atoms with Crippen LogP contribution in [0.1, 0.15) is 26.2 Å². The largest absolute Gasteiger partial charge is 0.495 e. The van der Waals surface area contributed by atoms with Crippen molar-refractivity contribution in [2.24, 2.45) is 5.41 Å². The predicted octanol–water partition coefficient (Wildman–Crippen LogP) is 6.04. The molecule has 2 aromatic heterocycles. The lowest BCUT2D eigenvalue weighted by atomic mass is 9.92. The lowest BCUT2D eigenvalue weighted by Crippen LogP contribution is -2.41. The van der Waals surface area contributed by atoms with Gasteiger partial charge in [0.25, 0.3) is 0 Å². The lowest BCUT2D eigenvalue weighted by molar-refractivity contribution is -0.126. The summed E-state index contributed by atoms with van der Waals surface area (Å²) in [6.07, 6.45) is 6.72. The molecule has 2 saturated heterocycles. The average molecular weight is 623 g/mol. The van der Waals surface area contributed by atoms with E-state index in [1.165, 1.54) is 18.5 Å². The first-order valence-electron chi connectivity index (χ1n) is 15.1. The molecule has 2 fully saturated rings. The summed E-state index contributed by atoms with van der Waals surface area (Å²) in [6.45, 7) is 8.12. The number of hydrogen-bond acceptors (Lipinski definition) is 10. The van der Waals surface area contributed by atoms with Crippen LogP contribution < -0.4 is 25.0 Å². The van der Waals surface area contributed by atoms with Crippen LogP contribution in [-0.2, 0) is 4.79 Å². The number of aromatic nitrogens is 3. The Morgan fingerprint density at radius 1 is 1.11 bits per heavy atom. The molecule has 0 bridgehead atoms. The fourth-order valence-corrected chi connectivity index (χ4v) is 5.87. The number of carbonyl (C=O) groups is 1. The standard InChI is InChI=1S/C34H35FN8O3/c1-4-32(44)42-12-8-22(9-13-42)40-29-17-25-28(18-30(29)45-3)38-21-39-33(25)41-27-6-5-23(15-26(27)35)46-24-7-11-37-31(16-24)43-14-10-34(2,19-36)20-43/h4-7,11,15-18,21-22,40H,1,8-10,12-14,20H2,2-3H3,(H,38,39,41). The highest BCUT2D eigenvalue weighted by Crippen LogP contribution is 2.36. The Morgan fingerprint density at radius 3 is 2.63 bits per heavy atom. The molecule has 4 aromatic rings. The molecule has 236 valence electrons. The second kappa shape index (κ2) is 12.9. The van der Waals surface area contributed by atoms with Crippen LogP contribution >= 0.6 is 0 Å². The van der Waals surface area contributed by atoms with E-state index in [0.29, 0.717) is 59.4 Å². The minimum atomic E-state index is -0.518. The number of halogens is 1. The zero-order valence-electron chi connectivity index (χ0n) is 25.8. The number of nitrogens with zero attached hydrogens (tertiary/aromatic N) is 6. The first-order valence-corrected chi connectivity index (χ1v) is 15.1. The van der Waals surface area contributed by atoms with E-state index in [1.54, 1.807) is 42.5 Å². The summed E-state index contributed by atoms with van der Waals surface area (Å²) in [5, 5.41) is 16.8. The van der Waals surface area contributed by atoms with Crippen LogP contribution in [0.15, 0.2) is 67.6 Å². The summed E-state index contributed by atoms with van der Waals surface area (Å²) >= 11 is 0. The van der Waals surface area contributed by atoms with Gasteiger partial charge in [-0.15, -0.1) is 0 Å². The van der Waals surface area contributed by atoms with E-state index in [0.717, 1.165) is 31.5 Å². The third-order valence-electron chi connectivity index (χ3n) is 8.51. The van der Waals surface area contributed by atoms with Crippen LogP contribution in [0.3, 0.4) is 0 Å². The molecular formula is C34H35FN8O3. The molecule has 1 amide bonds. The monoisotopic (exact) mass is 622 g/mol. The molecule has 12 heteroatoms. The normalized spacial score (nSPS) is 18.2. The van der Waals surface area contributed by atoms with Gasteiger partial charge in [-0.25, -0.2) is 19.3 Å². The van der Waals surface area contributed by atoms with E-state index in [4.69, 9.17) is 9.47 Å². The van der Waals surface area contributed by atoms with Crippen LogP contribution in [-0.4, -0.2) is 65.1 Å². The number of carbonyl (C=O) groups excluding carboxylic acids is 1. The van der Waals surface area contributed by atoms with Gasteiger partial charge in [-0.05, 0) is 56.5 Å². The van der Waals surface area contributed by atoms with Crippen LogP contribution in [0.5, 0.6) is 17.2 Å². The molecule has 0 aliphatic carbocycles. The Balaban J connectivity index is 1.17. The number of anilines is 4. The number of nitrogens with one attached hydrogen (secondary N) is 2. The van der Waals surface area contributed by atoms with Gasteiger partial charge in [0.05, 0.1) is 35.5 Å². The SMILES string of the molecule is C=CC(=O)N1CCC(Nc2cc3c(Nc4ccc(Oc5ccnc(N6CCC(C)(C#N)C6)c5)cc4F)ncnc3cc2OC)CC1. The number of amides is 1. The number of methoxy groups -OCH3 is 1. The molecule has 0 saturated carbocycles. The number of pyridine rings is 1. The molecule has 2 N–H and O–H groups in total. The van der Waals surface area contributed by atoms with Crippen molar-refractivity contribution < 1.29 is 18.7 Å². The van der Waals surface area contributed by atoms with Gasteiger partial charge < -0.3 is 29.9 Å². The molecule has 2 aliphatic heterocycles. The fourth-order valence-electron chi connectivity index (χ4n) is 5.87. The molecule has 0 spiro atoms. The van der Waals surface area contributed by atoms with E-state index in [9.17, 15) is 10.1 Å². The highest BCUT2D eigenvalue weighted by molar-refractivity contribution is 5.95. The van der Waals surface area contributed by atoms with Crippen molar-refractivity contribution in [1.29, 1.82) is 5.26 Å². The van der Waals surface area contributed by atoms with E-state index >= 15 is 4.39 Å². The molecule has 46 heavy (non-hydrogen) atoms. The smallest absolute Gasteiger partial charge is 0.245 e. The second-order valence-corrected chi connectivity index (χ2v) is 11.8. The topological polar surface area (TPSA) is 129 Å². The van der Waals surface area contributed by atoms with Crippen molar-refractivity contribution in [3.63, 3.8) is 0 Å². The molecule has 0 radical (unpaired) electrons. The molecular weight excluding hydrogens is 587 g/mol. The Morgan fingerprint density at radius 2 is 1.91 bits per heavy atom. The van der Waals surface area contributed by atoms with Crippen molar-refractivity contribution >= 4 is 39.8 Å². The predicted molar refractivity (Wildman–Crippen MR) is 174 cm³/mol.